The van der Waals surface area contributed by atoms with Crippen molar-refractivity contribution in [3.05, 3.63) is 52.2 Å². The summed E-state index contributed by atoms with van der Waals surface area (Å²) in [5.74, 6) is 0.540. The van der Waals surface area contributed by atoms with Crippen molar-refractivity contribution < 1.29 is 4.79 Å². The summed E-state index contributed by atoms with van der Waals surface area (Å²) in [4.78, 5) is 15.5. The lowest BCUT2D eigenvalue weighted by Crippen LogP contribution is -2.25. The number of hydrogen-bond donors (Lipinski definition) is 0. The van der Waals surface area contributed by atoms with E-state index in [0.717, 1.165) is 11.1 Å². The van der Waals surface area contributed by atoms with Gasteiger partial charge < -0.3 is 4.90 Å². The molecule has 0 saturated carbocycles. The Hall–Kier alpha value is -2.54. The summed E-state index contributed by atoms with van der Waals surface area (Å²) in [6.07, 6.45) is 0. The van der Waals surface area contributed by atoms with Crippen LogP contribution in [0.3, 0.4) is 0 Å². The average molecular weight is 313 g/mol. The van der Waals surface area contributed by atoms with E-state index in [4.69, 9.17) is 0 Å². The first-order valence-corrected chi connectivity index (χ1v) is 7.69. The van der Waals surface area contributed by atoms with Crippen molar-refractivity contribution in [2.24, 2.45) is 7.05 Å². The summed E-state index contributed by atoms with van der Waals surface area (Å²) in [5.41, 5.74) is 2.62. The van der Waals surface area contributed by atoms with Gasteiger partial charge in [-0.3, -0.25) is 4.79 Å². The first-order chi connectivity index (χ1) is 10.6. The minimum absolute atomic E-state index is 0.00939. The Balaban J connectivity index is 1.73. The topological polar surface area (TPSA) is 63.9 Å². The molecule has 7 heteroatoms. The van der Waals surface area contributed by atoms with Crippen LogP contribution in [0, 0.1) is 0 Å². The van der Waals surface area contributed by atoms with Gasteiger partial charge in [-0.25, -0.2) is 0 Å². The molecule has 0 aliphatic heterocycles. The number of carbonyl (C=O) groups is 1. The summed E-state index contributed by atoms with van der Waals surface area (Å²) >= 11 is 1.63. The van der Waals surface area contributed by atoms with E-state index < -0.39 is 0 Å². The Morgan fingerprint density at radius 2 is 2.05 bits per heavy atom. The van der Waals surface area contributed by atoms with E-state index in [2.05, 4.69) is 15.4 Å². The van der Waals surface area contributed by atoms with Gasteiger partial charge in [-0.1, -0.05) is 12.1 Å². The van der Waals surface area contributed by atoms with Crippen LogP contribution >= 0.6 is 11.3 Å². The van der Waals surface area contributed by atoms with E-state index >= 15 is 0 Å². The normalized spacial score (nSPS) is 10.6. The van der Waals surface area contributed by atoms with E-state index in [1.165, 1.54) is 4.80 Å². The largest absolute Gasteiger partial charge is 0.337 e. The lowest BCUT2D eigenvalue weighted by Gasteiger charge is -2.16. The third kappa shape index (κ3) is 3.04. The molecule has 0 bridgehead atoms. The van der Waals surface area contributed by atoms with Crippen LogP contribution in [-0.4, -0.2) is 38.1 Å². The van der Waals surface area contributed by atoms with Gasteiger partial charge in [0.1, 0.15) is 0 Å². The molecule has 0 N–H and O–H groups in total. The van der Waals surface area contributed by atoms with E-state index in [9.17, 15) is 4.79 Å². The molecular formula is C15H15N5OS. The zero-order valence-corrected chi connectivity index (χ0v) is 13.1. The Labute approximate surface area is 132 Å². The van der Waals surface area contributed by atoms with Crippen LogP contribution in [0.1, 0.15) is 15.9 Å². The van der Waals surface area contributed by atoms with E-state index in [1.807, 2.05) is 29.0 Å². The van der Waals surface area contributed by atoms with Gasteiger partial charge >= 0.3 is 0 Å². The minimum Gasteiger partial charge on any atom is -0.337 e. The zero-order chi connectivity index (χ0) is 15.5. The number of rotatable bonds is 4. The molecule has 2 heterocycles. The second kappa shape index (κ2) is 6.07. The highest BCUT2D eigenvalue weighted by atomic mass is 32.1. The molecule has 112 valence electrons. The molecule has 3 aromatic rings. The molecule has 0 atom stereocenters. The maximum Gasteiger partial charge on any atom is 0.253 e. The number of hydrogen-bond acceptors (Lipinski definition) is 5. The van der Waals surface area contributed by atoms with Gasteiger partial charge in [0.25, 0.3) is 5.91 Å². The Bertz CT molecular complexity index is 764. The van der Waals surface area contributed by atoms with Gasteiger partial charge in [0.05, 0.1) is 7.05 Å². The van der Waals surface area contributed by atoms with Crippen LogP contribution in [-0.2, 0) is 13.6 Å². The molecule has 0 saturated heterocycles. The van der Waals surface area contributed by atoms with E-state index in [-0.39, 0.29) is 5.91 Å². The predicted octanol–water partition coefficient (Wildman–Crippen LogP) is 2.21. The van der Waals surface area contributed by atoms with Crippen LogP contribution in [0.4, 0.5) is 0 Å². The van der Waals surface area contributed by atoms with Gasteiger partial charge in [0.2, 0.25) is 5.82 Å². The third-order valence-electron chi connectivity index (χ3n) is 3.24. The van der Waals surface area contributed by atoms with Crippen LogP contribution in [0.5, 0.6) is 0 Å². The average Bonchev–Trinajstić information content (AvgIpc) is 3.18. The molecule has 0 fully saturated rings. The lowest BCUT2D eigenvalue weighted by molar-refractivity contribution is 0.0785. The molecule has 0 unspecified atom stereocenters. The highest BCUT2D eigenvalue weighted by molar-refractivity contribution is 7.07. The number of nitrogens with zero attached hydrogens (tertiary/aromatic N) is 5. The summed E-state index contributed by atoms with van der Waals surface area (Å²) < 4.78 is 0. The Morgan fingerprint density at radius 3 is 2.64 bits per heavy atom. The summed E-state index contributed by atoms with van der Waals surface area (Å²) in [5, 5.41) is 16.0. The first-order valence-electron chi connectivity index (χ1n) is 6.74. The molecule has 0 radical (unpaired) electrons. The number of carbonyl (C=O) groups excluding carboxylic acids is 1. The molecule has 2 aromatic heterocycles. The van der Waals surface area contributed by atoms with Crippen LogP contribution in [0.15, 0.2) is 41.1 Å². The van der Waals surface area contributed by atoms with Crippen molar-refractivity contribution in [2.45, 2.75) is 6.54 Å². The van der Waals surface area contributed by atoms with Crippen molar-refractivity contribution in [2.75, 3.05) is 7.05 Å². The Morgan fingerprint density at radius 1 is 1.27 bits per heavy atom. The van der Waals surface area contributed by atoms with Crippen LogP contribution < -0.4 is 0 Å². The predicted molar refractivity (Wildman–Crippen MR) is 84.4 cm³/mol. The van der Waals surface area contributed by atoms with Gasteiger partial charge in [-0.2, -0.15) is 16.1 Å². The molecule has 22 heavy (non-hydrogen) atoms. The number of aryl methyl sites for hydroxylation is 1. The number of benzene rings is 1. The Kier molecular flexibility index (Phi) is 3.97. The second-order valence-electron chi connectivity index (χ2n) is 4.97. The van der Waals surface area contributed by atoms with E-state index in [1.54, 1.807) is 42.5 Å². The fourth-order valence-electron chi connectivity index (χ4n) is 2.11. The van der Waals surface area contributed by atoms with Crippen molar-refractivity contribution in [3.63, 3.8) is 0 Å². The molecule has 1 amide bonds. The van der Waals surface area contributed by atoms with Gasteiger partial charge in [-0.05, 0) is 39.7 Å². The highest BCUT2D eigenvalue weighted by Gasteiger charge is 2.13. The van der Waals surface area contributed by atoms with Crippen molar-refractivity contribution >= 4 is 17.2 Å². The highest BCUT2D eigenvalue weighted by Crippen LogP contribution is 2.16. The molecule has 1 aromatic carbocycles. The number of aromatic nitrogens is 4. The quantitative estimate of drug-likeness (QED) is 0.741. The zero-order valence-electron chi connectivity index (χ0n) is 12.3. The van der Waals surface area contributed by atoms with E-state index in [0.29, 0.717) is 17.9 Å². The fourth-order valence-corrected chi connectivity index (χ4v) is 2.77. The smallest absolute Gasteiger partial charge is 0.253 e. The summed E-state index contributed by atoms with van der Waals surface area (Å²) in [6, 6.07) is 9.28. The minimum atomic E-state index is -0.00939. The number of tetrazole rings is 1. The first kappa shape index (κ1) is 14.4. The third-order valence-corrected chi connectivity index (χ3v) is 3.98. The van der Waals surface area contributed by atoms with Crippen molar-refractivity contribution in [1.82, 2.24) is 25.1 Å². The number of thiophene rings is 1. The molecule has 0 aliphatic carbocycles. The van der Waals surface area contributed by atoms with Crippen molar-refractivity contribution in [1.29, 1.82) is 0 Å². The van der Waals surface area contributed by atoms with Gasteiger partial charge in [0.15, 0.2) is 0 Å². The lowest BCUT2D eigenvalue weighted by atomic mass is 10.1. The maximum atomic E-state index is 12.4. The molecule has 0 spiro atoms. The number of amides is 1. The molecular weight excluding hydrogens is 298 g/mol. The van der Waals surface area contributed by atoms with Crippen LogP contribution in [0.25, 0.3) is 11.4 Å². The summed E-state index contributed by atoms with van der Waals surface area (Å²) in [7, 11) is 3.52. The molecule has 0 aliphatic rings. The fraction of sp³-hybridized carbons (Fsp3) is 0.200. The molecule has 6 nitrogen and oxygen atoms in total. The summed E-state index contributed by atoms with van der Waals surface area (Å²) in [6.45, 7) is 0.607. The molecule has 3 rings (SSSR count). The second-order valence-corrected chi connectivity index (χ2v) is 5.75. The maximum absolute atomic E-state index is 12.4. The standard InChI is InChI=1S/C15H15N5OS/c1-19(9-11-7-8-22-10-11)15(21)13-5-3-12(4-6-13)14-16-18-20(2)17-14/h3-8,10H,9H2,1-2H3. The van der Waals surface area contributed by atoms with Crippen molar-refractivity contribution in [3.8, 4) is 11.4 Å². The monoisotopic (exact) mass is 313 g/mol. The van der Waals surface area contributed by atoms with Gasteiger partial charge in [-0.15, -0.1) is 10.2 Å². The SMILES string of the molecule is CN(Cc1ccsc1)C(=O)c1ccc(-c2nnn(C)n2)cc1. The van der Waals surface area contributed by atoms with Gasteiger partial charge in [0, 0.05) is 24.7 Å². The van der Waals surface area contributed by atoms with Crippen LogP contribution in [0.2, 0.25) is 0 Å².